The molecule has 0 rings (SSSR count). The maximum absolute atomic E-state index is 12.4. The van der Waals surface area contributed by atoms with Gasteiger partial charge in [0.05, 0.1) is 39.5 Å². The van der Waals surface area contributed by atoms with Crippen LogP contribution in [0.4, 0.5) is 0 Å². The van der Waals surface area contributed by atoms with Gasteiger partial charge in [-0.2, -0.15) is 0 Å². The van der Waals surface area contributed by atoms with E-state index in [4.69, 9.17) is 5.11 Å². The number of carboxylic acids is 1. The molecule has 0 radical (unpaired) electrons. The van der Waals surface area contributed by atoms with Gasteiger partial charge in [0.15, 0.2) is 0 Å². The van der Waals surface area contributed by atoms with Crippen LogP contribution in [0.25, 0.3) is 0 Å². The van der Waals surface area contributed by atoms with Crippen molar-refractivity contribution in [1.29, 1.82) is 0 Å². The fourth-order valence-corrected chi connectivity index (χ4v) is 3.12. The number of ketones is 1. The number of carboxylic acid groups (broad SMARTS) is 1. The predicted molar refractivity (Wildman–Crippen MR) is 142 cm³/mol. The molecule has 0 spiro atoms. The summed E-state index contributed by atoms with van der Waals surface area (Å²) in [6, 6.07) is -7.38. The third kappa shape index (κ3) is 15.0. The van der Waals surface area contributed by atoms with Gasteiger partial charge in [-0.05, 0) is 20.4 Å². The Kier molecular flexibility index (Phi) is 18.6. The molecule has 43 heavy (non-hydrogen) atoms. The molecule has 244 valence electrons. The molecule has 0 aliphatic rings. The highest BCUT2D eigenvalue weighted by molar-refractivity contribution is 5.95. The molecular weight excluding hydrogens is 582 g/mol. The maximum Gasteiger partial charge on any atom is 0.320 e. The first kappa shape index (κ1) is 38.8. The minimum absolute atomic E-state index is 0.127. The Labute approximate surface area is 245 Å². The SMILES string of the molecule is CNC(CCC(=O)NC(CO)C(=O)NC(CO)C(=O)NCC(=O)NC(CO)C(=O)NC(CO)C(=O)NCC(C)=O)C(=O)O. The van der Waals surface area contributed by atoms with Crippen molar-refractivity contribution < 1.29 is 63.9 Å². The molecule has 0 bridgehead atoms. The van der Waals surface area contributed by atoms with Gasteiger partial charge >= 0.3 is 5.97 Å². The number of amides is 6. The average Bonchev–Trinajstić information content (AvgIpc) is 2.97. The summed E-state index contributed by atoms with van der Waals surface area (Å²) in [5, 5.41) is 61.8. The van der Waals surface area contributed by atoms with Crippen LogP contribution in [0.1, 0.15) is 19.8 Å². The van der Waals surface area contributed by atoms with Crippen LogP contribution in [0.15, 0.2) is 0 Å². The minimum Gasteiger partial charge on any atom is -0.480 e. The van der Waals surface area contributed by atoms with E-state index in [1.807, 2.05) is 0 Å². The second kappa shape index (κ2) is 20.6. The second-order valence-corrected chi connectivity index (χ2v) is 8.95. The zero-order chi connectivity index (χ0) is 33.1. The van der Waals surface area contributed by atoms with E-state index in [0.29, 0.717) is 0 Å². The van der Waals surface area contributed by atoms with Gasteiger partial charge in [-0.25, -0.2) is 0 Å². The third-order valence-corrected chi connectivity index (χ3v) is 5.54. The lowest BCUT2D eigenvalue weighted by molar-refractivity contribution is -0.140. The second-order valence-electron chi connectivity index (χ2n) is 8.95. The van der Waals surface area contributed by atoms with Crippen molar-refractivity contribution in [3.8, 4) is 0 Å². The van der Waals surface area contributed by atoms with Gasteiger partial charge < -0.3 is 62.8 Å². The van der Waals surface area contributed by atoms with E-state index in [2.05, 4.69) is 37.2 Å². The standard InChI is InChI=1S/C23H39N7O13/c1-11(35)5-25-19(38)13(7-31)29-22(41)16(10-34)28-18(37)6-26-20(39)14(8-32)30-21(40)15(9-33)27-17(36)4-3-12(24-2)23(42)43/h12-16,24,31-34H,3-10H2,1-2H3,(H,25,38)(H,26,39)(H,27,36)(H,28,37)(H,29,41)(H,30,40)(H,42,43). The van der Waals surface area contributed by atoms with Crippen molar-refractivity contribution in [3.05, 3.63) is 0 Å². The van der Waals surface area contributed by atoms with E-state index >= 15 is 0 Å². The Morgan fingerprint density at radius 1 is 0.558 bits per heavy atom. The van der Waals surface area contributed by atoms with E-state index in [1.54, 1.807) is 0 Å². The van der Waals surface area contributed by atoms with Crippen LogP contribution < -0.4 is 37.2 Å². The molecular formula is C23H39N7O13. The van der Waals surface area contributed by atoms with Crippen molar-refractivity contribution in [2.75, 3.05) is 46.6 Å². The van der Waals surface area contributed by atoms with Crippen LogP contribution in [-0.2, 0) is 38.4 Å². The fourth-order valence-electron chi connectivity index (χ4n) is 3.12. The first-order valence-electron chi connectivity index (χ1n) is 12.8. The van der Waals surface area contributed by atoms with Gasteiger partial charge in [0.25, 0.3) is 0 Å². The molecule has 0 saturated heterocycles. The van der Waals surface area contributed by atoms with Crippen molar-refractivity contribution in [3.63, 3.8) is 0 Å². The number of nitrogens with one attached hydrogen (secondary N) is 7. The number of carbonyl (C=O) groups excluding carboxylic acids is 7. The fraction of sp³-hybridized carbons (Fsp3) is 0.652. The minimum atomic E-state index is -1.65. The quantitative estimate of drug-likeness (QED) is 0.0566. The van der Waals surface area contributed by atoms with Crippen LogP contribution >= 0.6 is 0 Å². The Hall–Kier alpha value is -4.24. The van der Waals surface area contributed by atoms with E-state index < -0.39 is 110 Å². The van der Waals surface area contributed by atoms with E-state index in [1.165, 1.54) is 14.0 Å². The lowest BCUT2D eigenvalue weighted by atomic mass is 10.1. The largest absolute Gasteiger partial charge is 0.480 e. The van der Waals surface area contributed by atoms with Crippen molar-refractivity contribution >= 4 is 47.2 Å². The van der Waals surface area contributed by atoms with Crippen molar-refractivity contribution in [2.24, 2.45) is 0 Å². The van der Waals surface area contributed by atoms with Gasteiger partial charge in [0.2, 0.25) is 35.4 Å². The van der Waals surface area contributed by atoms with Gasteiger partial charge in [0.1, 0.15) is 36.0 Å². The monoisotopic (exact) mass is 621 g/mol. The van der Waals surface area contributed by atoms with Crippen LogP contribution in [0, 0.1) is 0 Å². The molecule has 0 aliphatic carbocycles. The van der Waals surface area contributed by atoms with E-state index in [-0.39, 0.29) is 19.4 Å². The Bertz CT molecular complexity index is 1010. The summed E-state index contributed by atoms with van der Waals surface area (Å²) < 4.78 is 0. The Balaban J connectivity index is 4.94. The summed E-state index contributed by atoms with van der Waals surface area (Å²) in [4.78, 5) is 95.3. The normalized spacial score (nSPS) is 14.1. The summed E-state index contributed by atoms with van der Waals surface area (Å²) >= 11 is 0. The summed E-state index contributed by atoms with van der Waals surface area (Å²) in [5.74, 6) is -7.54. The molecule has 20 heteroatoms. The molecule has 0 fully saturated rings. The number of aliphatic carboxylic acids is 1. The van der Waals surface area contributed by atoms with Crippen molar-refractivity contribution in [1.82, 2.24) is 37.2 Å². The zero-order valence-electron chi connectivity index (χ0n) is 23.5. The smallest absolute Gasteiger partial charge is 0.320 e. The van der Waals surface area contributed by atoms with E-state index in [9.17, 15) is 58.8 Å². The molecule has 5 atom stereocenters. The molecule has 0 saturated carbocycles. The molecule has 0 aromatic carbocycles. The number of hydrogen-bond acceptors (Lipinski definition) is 13. The maximum atomic E-state index is 12.4. The van der Waals surface area contributed by atoms with Crippen LogP contribution in [0.2, 0.25) is 0 Å². The molecule has 5 unspecified atom stereocenters. The molecule has 6 amide bonds. The zero-order valence-corrected chi connectivity index (χ0v) is 23.5. The highest BCUT2D eigenvalue weighted by atomic mass is 16.4. The molecule has 0 aliphatic heterocycles. The summed E-state index contributed by atoms with van der Waals surface area (Å²) in [5.41, 5.74) is 0. The van der Waals surface area contributed by atoms with Crippen molar-refractivity contribution in [2.45, 2.75) is 50.0 Å². The summed E-state index contributed by atoms with van der Waals surface area (Å²) in [6.45, 7) is -3.67. The molecule has 0 heterocycles. The number of aliphatic hydroxyl groups is 4. The lowest BCUT2D eigenvalue weighted by Gasteiger charge is -2.22. The van der Waals surface area contributed by atoms with Gasteiger partial charge in [-0.1, -0.05) is 0 Å². The first-order chi connectivity index (χ1) is 20.2. The van der Waals surface area contributed by atoms with E-state index in [0.717, 1.165) is 0 Å². The van der Waals surface area contributed by atoms with Gasteiger partial charge in [0, 0.05) is 6.42 Å². The number of aliphatic hydroxyl groups excluding tert-OH is 4. The molecule has 0 aromatic rings. The number of rotatable bonds is 21. The number of carbonyl (C=O) groups is 8. The molecule has 20 nitrogen and oxygen atoms in total. The Morgan fingerprint density at radius 3 is 1.33 bits per heavy atom. The van der Waals surface area contributed by atoms with Gasteiger partial charge in [-0.3, -0.25) is 38.4 Å². The number of Topliss-reactive ketones (excluding diaryl/α,β-unsaturated/α-hetero) is 1. The summed E-state index contributed by atoms with van der Waals surface area (Å²) in [7, 11) is 1.38. The average molecular weight is 622 g/mol. The molecule has 12 N–H and O–H groups in total. The Morgan fingerprint density at radius 2 is 0.953 bits per heavy atom. The predicted octanol–water partition coefficient (Wildman–Crippen LogP) is -7.83. The summed E-state index contributed by atoms with van der Waals surface area (Å²) in [6.07, 6.45) is -0.445. The highest BCUT2D eigenvalue weighted by Gasteiger charge is 2.28. The number of likely N-dealkylation sites (N-methyl/N-ethyl adjacent to an activating group) is 1. The van der Waals surface area contributed by atoms with Crippen LogP contribution in [0.5, 0.6) is 0 Å². The van der Waals surface area contributed by atoms with Crippen LogP contribution in [0.3, 0.4) is 0 Å². The third-order valence-electron chi connectivity index (χ3n) is 5.54. The number of hydrogen-bond donors (Lipinski definition) is 12. The topological polar surface area (TPSA) is 322 Å². The van der Waals surface area contributed by atoms with Gasteiger partial charge in [-0.15, -0.1) is 0 Å². The first-order valence-corrected chi connectivity index (χ1v) is 12.8. The van der Waals surface area contributed by atoms with Crippen LogP contribution in [-0.4, -0.2) is 150 Å². The highest BCUT2D eigenvalue weighted by Crippen LogP contribution is 1.99. The lowest BCUT2D eigenvalue weighted by Crippen LogP contribution is -2.58. The molecule has 0 aromatic heterocycles.